The molecular formula is C25H19F2NO5. The number of halogens is 2. The third-order valence-corrected chi connectivity index (χ3v) is 5.25. The Morgan fingerprint density at radius 2 is 1.73 bits per heavy atom. The SMILES string of the molecule is CCOc1cccc(/C(O)=C2\C(=O)C(=O)N(c3ccc(F)c(F)c3)C2c2ccc(O)cc2)c1. The van der Waals surface area contributed by atoms with Gasteiger partial charge in [-0.15, -0.1) is 0 Å². The average Bonchev–Trinajstić information content (AvgIpc) is 3.07. The summed E-state index contributed by atoms with van der Waals surface area (Å²) in [5, 5.41) is 20.8. The Morgan fingerprint density at radius 1 is 1.00 bits per heavy atom. The molecule has 1 fully saturated rings. The van der Waals surface area contributed by atoms with Crippen molar-refractivity contribution in [2.75, 3.05) is 11.5 Å². The van der Waals surface area contributed by atoms with Crippen molar-refractivity contribution in [1.82, 2.24) is 0 Å². The molecule has 1 aliphatic heterocycles. The molecule has 1 unspecified atom stereocenters. The van der Waals surface area contributed by atoms with Crippen molar-refractivity contribution in [3.05, 3.63) is 95.1 Å². The lowest BCUT2D eigenvalue weighted by atomic mass is 9.95. The number of carbonyl (C=O) groups excluding carboxylic acids is 2. The van der Waals surface area contributed by atoms with Crippen LogP contribution < -0.4 is 9.64 Å². The van der Waals surface area contributed by atoms with Gasteiger partial charge in [0.05, 0.1) is 18.2 Å². The number of phenols is 1. The van der Waals surface area contributed by atoms with Gasteiger partial charge in [0, 0.05) is 17.3 Å². The maximum Gasteiger partial charge on any atom is 0.300 e. The number of hydrogen-bond donors (Lipinski definition) is 2. The zero-order valence-corrected chi connectivity index (χ0v) is 17.5. The second kappa shape index (κ2) is 8.74. The van der Waals surface area contributed by atoms with Crippen LogP contribution in [0.4, 0.5) is 14.5 Å². The average molecular weight is 451 g/mol. The van der Waals surface area contributed by atoms with Crippen molar-refractivity contribution in [1.29, 1.82) is 0 Å². The lowest BCUT2D eigenvalue weighted by Gasteiger charge is -2.25. The van der Waals surface area contributed by atoms with Crippen LogP contribution in [0.3, 0.4) is 0 Å². The third kappa shape index (κ3) is 4.03. The molecule has 0 radical (unpaired) electrons. The highest BCUT2D eigenvalue weighted by molar-refractivity contribution is 6.51. The predicted octanol–water partition coefficient (Wildman–Crippen LogP) is 4.70. The fourth-order valence-electron chi connectivity index (χ4n) is 3.76. The molecule has 0 spiro atoms. The van der Waals surface area contributed by atoms with Crippen LogP contribution in [-0.2, 0) is 9.59 Å². The summed E-state index contributed by atoms with van der Waals surface area (Å²) in [6.45, 7) is 2.18. The van der Waals surface area contributed by atoms with E-state index in [4.69, 9.17) is 4.74 Å². The molecule has 0 saturated carbocycles. The monoisotopic (exact) mass is 451 g/mol. The van der Waals surface area contributed by atoms with E-state index in [-0.39, 0.29) is 22.6 Å². The highest BCUT2D eigenvalue weighted by Gasteiger charge is 2.47. The van der Waals surface area contributed by atoms with Gasteiger partial charge >= 0.3 is 0 Å². The normalized spacial score (nSPS) is 17.4. The summed E-state index contributed by atoms with van der Waals surface area (Å²) in [4.78, 5) is 27.1. The molecule has 3 aromatic carbocycles. The van der Waals surface area contributed by atoms with E-state index in [0.29, 0.717) is 17.9 Å². The van der Waals surface area contributed by atoms with Crippen LogP contribution >= 0.6 is 0 Å². The first kappa shape index (κ1) is 22.0. The Hall–Kier alpha value is -4.20. The molecule has 0 aromatic heterocycles. The molecule has 4 rings (SSSR count). The summed E-state index contributed by atoms with van der Waals surface area (Å²) in [5.74, 6) is -4.34. The van der Waals surface area contributed by atoms with Gasteiger partial charge in [-0.2, -0.15) is 0 Å². The van der Waals surface area contributed by atoms with E-state index in [1.807, 2.05) is 0 Å². The molecule has 33 heavy (non-hydrogen) atoms. The van der Waals surface area contributed by atoms with E-state index in [1.165, 1.54) is 36.4 Å². The van der Waals surface area contributed by atoms with Crippen molar-refractivity contribution >= 4 is 23.1 Å². The van der Waals surface area contributed by atoms with E-state index in [0.717, 1.165) is 17.0 Å². The number of aromatic hydroxyl groups is 1. The molecule has 8 heteroatoms. The first-order valence-corrected chi connectivity index (χ1v) is 10.1. The molecule has 1 atom stereocenters. The minimum absolute atomic E-state index is 0.0482. The summed E-state index contributed by atoms with van der Waals surface area (Å²) in [7, 11) is 0. The molecular weight excluding hydrogens is 432 g/mol. The first-order chi connectivity index (χ1) is 15.8. The Kier molecular flexibility index (Phi) is 5.83. The number of carbonyl (C=O) groups is 2. The van der Waals surface area contributed by atoms with E-state index in [1.54, 1.807) is 25.1 Å². The zero-order valence-electron chi connectivity index (χ0n) is 17.5. The summed E-state index contributed by atoms with van der Waals surface area (Å²) in [5.41, 5.74) is 0.326. The summed E-state index contributed by atoms with van der Waals surface area (Å²) >= 11 is 0. The lowest BCUT2D eigenvalue weighted by molar-refractivity contribution is -0.132. The van der Waals surface area contributed by atoms with Gasteiger partial charge in [0.2, 0.25) is 0 Å². The highest BCUT2D eigenvalue weighted by atomic mass is 19.2. The molecule has 0 bridgehead atoms. The van der Waals surface area contributed by atoms with Crippen LogP contribution in [0.5, 0.6) is 11.5 Å². The van der Waals surface area contributed by atoms with Crippen LogP contribution in [0.1, 0.15) is 24.1 Å². The Labute approximate surface area is 188 Å². The summed E-state index contributed by atoms with van der Waals surface area (Å²) in [6.07, 6.45) is 0. The van der Waals surface area contributed by atoms with Crippen molar-refractivity contribution in [3.8, 4) is 11.5 Å². The molecule has 6 nitrogen and oxygen atoms in total. The van der Waals surface area contributed by atoms with E-state index < -0.39 is 35.1 Å². The highest BCUT2D eigenvalue weighted by Crippen LogP contribution is 2.42. The van der Waals surface area contributed by atoms with Gasteiger partial charge < -0.3 is 14.9 Å². The van der Waals surface area contributed by atoms with Gasteiger partial charge in [-0.3, -0.25) is 14.5 Å². The maximum atomic E-state index is 14.0. The fraction of sp³-hybridized carbons (Fsp3) is 0.120. The van der Waals surface area contributed by atoms with Crippen molar-refractivity contribution < 1.29 is 33.3 Å². The Balaban J connectivity index is 1.93. The van der Waals surface area contributed by atoms with Gasteiger partial charge in [0.15, 0.2) is 11.6 Å². The molecule has 0 aliphatic carbocycles. The number of aliphatic hydroxyl groups excluding tert-OH is 1. The van der Waals surface area contributed by atoms with Gasteiger partial charge in [0.25, 0.3) is 11.7 Å². The smallest absolute Gasteiger partial charge is 0.300 e. The minimum Gasteiger partial charge on any atom is -0.508 e. The van der Waals surface area contributed by atoms with E-state index in [9.17, 15) is 28.6 Å². The number of ether oxygens (including phenoxy) is 1. The van der Waals surface area contributed by atoms with Crippen LogP contribution in [0.25, 0.3) is 5.76 Å². The van der Waals surface area contributed by atoms with Gasteiger partial charge in [-0.25, -0.2) is 8.78 Å². The number of phenolic OH excluding ortho intramolecular Hbond substituents is 1. The maximum absolute atomic E-state index is 14.0. The number of rotatable bonds is 5. The number of ketones is 1. The van der Waals surface area contributed by atoms with E-state index >= 15 is 0 Å². The van der Waals surface area contributed by atoms with Gasteiger partial charge in [-0.1, -0.05) is 24.3 Å². The molecule has 168 valence electrons. The fourth-order valence-corrected chi connectivity index (χ4v) is 3.76. The van der Waals surface area contributed by atoms with Crippen LogP contribution in [0, 0.1) is 11.6 Å². The van der Waals surface area contributed by atoms with Gasteiger partial charge in [0.1, 0.15) is 17.3 Å². The quantitative estimate of drug-likeness (QED) is 0.334. The molecule has 1 heterocycles. The molecule has 3 aromatic rings. The first-order valence-electron chi connectivity index (χ1n) is 10.1. The molecule has 1 aliphatic rings. The zero-order chi connectivity index (χ0) is 23.7. The number of aliphatic hydroxyl groups is 1. The van der Waals surface area contributed by atoms with E-state index in [2.05, 4.69) is 0 Å². The van der Waals surface area contributed by atoms with Crippen LogP contribution in [-0.4, -0.2) is 28.5 Å². The molecule has 1 amide bonds. The number of anilines is 1. The second-order valence-corrected chi connectivity index (χ2v) is 7.32. The molecule has 2 N–H and O–H groups in total. The van der Waals surface area contributed by atoms with Crippen LogP contribution in [0.15, 0.2) is 72.3 Å². The Bertz CT molecular complexity index is 1270. The van der Waals surface area contributed by atoms with Crippen molar-refractivity contribution in [2.45, 2.75) is 13.0 Å². The van der Waals surface area contributed by atoms with Crippen molar-refractivity contribution in [3.63, 3.8) is 0 Å². The second-order valence-electron chi connectivity index (χ2n) is 7.32. The lowest BCUT2D eigenvalue weighted by Crippen LogP contribution is -2.29. The van der Waals surface area contributed by atoms with Gasteiger partial charge in [-0.05, 0) is 48.9 Å². The Morgan fingerprint density at radius 3 is 2.39 bits per heavy atom. The molecule has 1 saturated heterocycles. The standard InChI is InChI=1S/C25H19F2NO5/c1-2-33-18-5-3-4-15(12-18)23(30)21-22(14-6-9-17(29)10-7-14)28(25(32)24(21)31)16-8-11-19(26)20(27)13-16/h3-13,22,29-30H,2H2,1H3/b23-21+. The number of nitrogens with zero attached hydrogens (tertiary/aromatic N) is 1. The third-order valence-electron chi connectivity index (χ3n) is 5.25. The minimum atomic E-state index is -1.19. The predicted molar refractivity (Wildman–Crippen MR) is 117 cm³/mol. The van der Waals surface area contributed by atoms with Crippen LogP contribution in [0.2, 0.25) is 0 Å². The summed E-state index contributed by atoms with van der Waals surface area (Å²) in [6, 6.07) is 13.7. The topological polar surface area (TPSA) is 87.1 Å². The van der Waals surface area contributed by atoms with Crippen molar-refractivity contribution in [2.24, 2.45) is 0 Å². The number of Topliss-reactive ketones (excluding diaryl/α,β-unsaturated/α-hetero) is 1. The number of hydrogen-bond acceptors (Lipinski definition) is 5. The summed E-state index contributed by atoms with van der Waals surface area (Å²) < 4.78 is 32.9. The number of benzene rings is 3. The number of amides is 1. The largest absolute Gasteiger partial charge is 0.508 e.